The maximum atomic E-state index is 14.8. The molecule has 6 fully saturated rings. The Morgan fingerprint density at radius 3 is 1.29 bits per heavy atom. The first-order chi connectivity index (χ1) is 70.3. The number of unbranched alkanes of at least 4 members (excludes halogenated alkanes) is 4. The zero-order chi connectivity index (χ0) is 110. The van der Waals surface area contributed by atoms with Crippen LogP contribution in [0.3, 0.4) is 0 Å². The van der Waals surface area contributed by atoms with Crippen LogP contribution in [0.25, 0.3) is 0 Å². The van der Waals surface area contributed by atoms with Gasteiger partial charge in [0.15, 0.2) is 83.3 Å². The molecule has 0 saturated carbocycles. The Balaban J connectivity index is 0.000000216. The lowest BCUT2D eigenvalue weighted by Crippen LogP contribution is -2.46. The molecular weight excluding hydrogens is 2030 g/mol. The quantitative estimate of drug-likeness (QED) is 0.00859. The number of halogens is 2. The van der Waals surface area contributed by atoms with Crippen LogP contribution < -0.4 is 75.1 Å². The molecule has 24 atom stereocenters. The maximum Gasteiger partial charge on any atom is 0.509 e. The Morgan fingerprint density at radius 2 is 0.852 bits per heavy atom. The van der Waals surface area contributed by atoms with Gasteiger partial charge in [-0.25, -0.2) is 57.0 Å². The number of rotatable bonds is 42. The third-order valence-corrected chi connectivity index (χ3v) is 26.6. The Bertz CT molecular complexity index is 5960. The summed E-state index contributed by atoms with van der Waals surface area (Å²) < 4.78 is 138. The van der Waals surface area contributed by atoms with Gasteiger partial charge in [0.25, 0.3) is 0 Å². The summed E-state index contributed by atoms with van der Waals surface area (Å²) in [7, 11) is -8.72. The van der Waals surface area contributed by atoms with Gasteiger partial charge in [-0.15, -0.1) is 0 Å². The SMILES string of the molecule is CC(C)OC(=O)CCc1ccccc1OP(=O)(N[C@@H](C)C(=O)OC(C)C)OC[C@H]1O[C@@H](n2ccc(NO)nc2=O)C2(C)OC(=O)O[C@@H]12.CC1(F)[C@@H](O)[C@@H](CO)O[C@H]1n1ccc(NO)nc1=O.CC1(O)[C@@H](O)[C@@H](CO)O[C@H]1n1ccc(NO)nc1=O.CCCCCCCC(=O)ONc1ccn([C@@H]2O[C@H](CO)[C@H](O)C2(C)F)c(=O)n1.CCOC(=O)[C@H](C)NP(=O)(OC[C@H]1O[C@@H](n2ccc(NO)nc2=O)C(C)(O)[C@H]1O)Oc1ccccc1. The minimum atomic E-state index is -4.47. The van der Waals surface area contributed by atoms with Gasteiger partial charge in [0.05, 0.1) is 51.8 Å². The maximum absolute atomic E-state index is 14.8. The molecule has 7 aromatic rings. The van der Waals surface area contributed by atoms with Crippen LogP contribution in [-0.2, 0) is 96.0 Å². The van der Waals surface area contributed by atoms with Crippen LogP contribution in [0.15, 0.2) is 140 Å². The van der Waals surface area contributed by atoms with E-state index >= 15 is 0 Å². The number of carbonyl (C=O) groups is 5. The lowest BCUT2D eigenvalue weighted by molar-refractivity contribution is -0.149. The molecule has 13 rings (SSSR count). The van der Waals surface area contributed by atoms with Gasteiger partial charge in [0.2, 0.25) is 0 Å². The Hall–Kier alpha value is -12.0. The molecule has 0 amide bonds. The number of anilines is 5. The van der Waals surface area contributed by atoms with E-state index in [0.29, 0.717) is 5.56 Å². The number of alkyl halides is 2. The smallest absolute Gasteiger partial charge is 0.465 e. The van der Waals surface area contributed by atoms with Crippen LogP contribution in [0, 0.1) is 0 Å². The monoisotopic (exact) mass is 2160 g/mol. The second kappa shape index (κ2) is 53.1. The average molecular weight is 2160 g/mol. The number of benzene rings is 2. The molecule has 0 radical (unpaired) electrons. The number of hydrogen-bond acceptors (Lipinski definition) is 50. The Morgan fingerprint density at radius 1 is 0.463 bits per heavy atom. The molecule has 0 bridgehead atoms. The van der Waals surface area contributed by atoms with E-state index < -0.39 is 246 Å². The standard InChI is InChI=1S/C29H39N4O13P.C21H29N4O10P.C18H28FN3O6.C10H14FN3O5.C10H15N3O6/c1-16(2)41-23(34)12-11-19-9-7-8-10-20(19)46-47(39,32-18(5)25(35)42-17(3)4)40-15-21-24-29(6,45-28(37)44-24)26(43-21)33-14-13-22(31-38)30-27(33)36;1-4-32-18(27)13(2)24-36(31,35-14-8-6-5-7-9-14)33-12-15-17(26)21(3,29)19(34-15)25-11-10-16(23-30)22-20(25)28;1-3-4-5-6-7-8-14(24)28-21-13-9-10-22(17(26)20-13)16-18(2,19)15(25)12(11-23)27-16;1-10(11)7(16)5(4-15)19-8(10)14-3-2-6(13-18)12-9(14)17;1-10(17)7(15)5(4-14)19-8(10)13-3-2-6(12-18)11-9(13)16/h7-10,13-14,16-18,21,24,26,38H,11-12,15H2,1-6H3,(H,32,39)(H,30,31,36);5-11,13,15,17,19,26,29-30H,4,12H2,1-3H3,(H,24,31)(H,22,23,28);9-10,12,15-16,23,25H,3-8,11H2,1-2H3,(H,20,21,26);2-3,5,7-8,15-16,18H,4H2,1H3,(H,12,13,17);2-3,5,7-8,14-15,17-18H,4H2,1H3,(H,11,12,16)/t18-,21+,24-,26+,29?,47?;13-,15+,17-,19+,21?,36?;12-,15+,16-,18?;2*5-,7+,8-,10?/m00111/s1. The summed E-state index contributed by atoms with van der Waals surface area (Å²) in [5.74, 6) is -2.46. The molecule has 57 nitrogen and oxygen atoms in total. The van der Waals surface area contributed by atoms with Crippen LogP contribution >= 0.6 is 15.5 Å². The summed E-state index contributed by atoms with van der Waals surface area (Å²) in [6.07, 6.45) is -9.86. The number of nitrogens with zero attached hydrogens (tertiary/aromatic N) is 10. The highest BCUT2D eigenvalue weighted by atomic mass is 31.2. The van der Waals surface area contributed by atoms with Gasteiger partial charge in [-0.3, -0.25) is 89.0 Å². The number of fused-ring (bicyclic) bond motifs is 1. The molecule has 20 N–H and O–H groups in total. The van der Waals surface area contributed by atoms with Crippen LogP contribution in [0.2, 0.25) is 0 Å². The summed E-state index contributed by atoms with van der Waals surface area (Å²) in [6, 6.07) is 18.7. The Kier molecular flexibility index (Phi) is 43.0. The number of esters is 3. The number of aromatic nitrogens is 10. The second-order valence-electron chi connectivity index (χ2n) is 35.7. The van der Waals surface area contributed by atoms with Crippen molar-refractivity contribution in [1.82, 2.24) is 57.9 Å². The zero-order valence-electron chi connectivity index (χ0n) is 82.8. The second-order valence-corrected chi connectivity index (χ2v) is 39.0. The van der Waals surface area contributed by atoms with Gasteiger partial charge in [0.1, 0.15) is 89.7 Å². The van der Waals surface area contributed by atoms with Gasteiger partial charge in [0, 0.05) is 49.9 Å². The van der Waals surface area contributed by atoms with Crippen LogP contribution in [0.4, 0.5) is 42.7 Å². The molecule has 2 aromatic carbocycles. The van der Waals surface area contributed by atoms with E-state index in [-0.39, 0.29) is 72.6 Å². The largest absolute Gasteiger partial charge is 0.509 e. The molecule has 7 unspecified atom stereocenters. The molecule has 5 aromatic heterocycles. The first kappa shape index (κ1) is 121. The zero-order valence-corrected chi connectivity index (χ0v) is 84.6. The summed E-state index contributed by atoms with van der Waals surface area (Å²) in [4.78, 5) is 144. The Labute approximate surface area is 846 Å². The molecular formula is C88H125F2N17O40P2. The molecule has 11 heterocycles. The van der Waals surface area contributed by atoms with Crippen molar-refractivity contribution in [1.29, 1.82) is 0 Å². The fraction of sp³-hybridized carbons (Fsp3) is 0.580. The number of aryl methyl sites for hydroxylation is 1. The van der Waals surface area contributed by atoms with Crippen molar-refractivity contribution in [3.8, 4) is 11.5 Å². The fourth-order valence-electron chi connectivity index (χ4n) is 15.6. The summed E-state index contributed by atoms with van der Waals surface area (Å²) in [5.41, 5.74) is -4.35. The highest BCUT2D eigenvalue weighted by Crippen LogP contribution is 2.53. The predicted molar refractivity (Wildman–Crippen MR) is 506 cm³/mol. The number of aliphatic hydroxyl groups excluding tert-OH is 7. The van der Waals surface area contributed by atoms with Gasteiger partial charge >= 0.3 is 74.0 Å². The molecule has 149 heavy (non-hydrogen) atoms. The molecule has 61 heteroatoms. The van der Waals surface area contributed by atoms with Gasteiger partial charge < -0.3 is 107 Å². The molecule has 826 valence electrons. The summed E-state index contributed by atoms with van der Waals surface area (Å²) in [6.45, 7) is 16.9. The van der Waals surface area contributed by atoms with Gasteiger partial charge in [-0.1, -0.05) is 69.0 Å². The molecule has 0 aliphatic carbocycles. The first-order valence-corrected chi connectivity index (χ1v) is 49.6. The van der Waals surface area contributed by atoms with Crippen LogP contribution in [0.5, 0.6) is 11.5 Å². The van der Waals surface area contributed by atoms with E-state index in [1.165, 1.54) is 114 Å². The number of para-hydroxylation sites is 2. The third kappa shape index (κ3) is 30.5. The van der Waals surface area contributed by atoms with E-state index in [1.807, 2.05) is 0 Å². The predicted octanol–water partition coefficient (Wildman–Crippen LogP) is 2.57. The molecule has 6 aliphatic rings. The minimum absolute atomic E-state index is 0.0146. The first-order valence-electron chi connectivity index (χ1n) is 46.5. The highest BCUT2D eigenvalue weighted by Gasteiger charge is 2.65. The van der Waals surface area contributed by atoms with E-state index in [9.17, 15) is 96.5 Å². The highest BCUT2D eigenvalue weighted by molar-refractivity contribution is 7.52. The van der Waals surface area contributed by atoms with Crippen LogP contribution in [0.1, 0.15) is 172 Å². The van der Waals surface area contributed by atoms with E-state index in [4.69, 9.17) is 106 Å². The van der Waals surface area contributed by atoms with E-state index in [1.54, 1.807) is 92.9 Å². The van der Waals surface area contributed by atoms with Crippen molar-refractivity contribution >= 4 is 74.6 Å². The van der Waals surface area contributed by atoms with Gasteiger partial charge in [-0.05, 0) is 144 Å². The summed E-state index contributed by atoms with van der Waals surface area (Å²) in [5, 5.41) is 129. The van der Waals surface area contributed by atoms with Crippen molar-refractivity contribution in [2.45, 2.75) is 286 Å². The topological polar surface area (TPSA) is 780 Å². The van der Waals surface area contributed by atoms with Crippen molar-refractivity contribution < 1.29 is 179 Å². The fourth-order valence-corrected chi connectivity index (χ4v) is 18.6. The lowest BCUT2D eigenvalue weighted by atomic mass is 9.96. The molecule has 0 spiro atoms. The average Bonchev–Trinajstić information content (AvgIpc) is 1.57. The number of ether oxygens (including phenoxy) is 10. The van der Waals surface area contributed by atoms with E-state index in [0.717, 1.165) is 68.8 Å². The number of carbonyl (C=O) groups excluding carboxylic acids is 5. The van der Waals surface area contributed by atoms with Crippen molar-refractivity contribution in [2.75, 3.05) is 67.0 Å². The van der Waals surface area contributed by atoms with Crippen molar-refractivity contribution in [3.63, 3.8) is 0 Å². The normalized spacial score (nSPS) is 27.7. The summed E-state index contributed by atoms with van der Waals surface area (Å²) >= 11 is 0. The molecule has 6 saturated heterocycles. The van der Waals surface area contributed by atoms with E-state index in [2.05, 4.69) is 47.5 Å². The number of nitrogens with one attached hydrogen (secondary N) is 7. The van der Waals surface area contributed by atoms with Crippen LogP contribution in [-0.4, -0.2) is 298 Å². The van der Waals surface area contributed by atoms with Gasteiger partial charge in [-0.2, -0.15) is 35.1 Å². The van der Waals surface area contributed by atoms with Crippen molar-refractivity contribution in [2.24, 2.45) is 0 Å². The minimum Gasteiger partial charge on any atom is -0.465 e. The number of aliphatic hydroxyl groups is 9. The lowest BCUT2D eigenvalue weighted by Gasteiger charge is -2.27. The number of hydrogen-bond donors (Lipinski definition) is 20. The third-order valence-electron chi connectivity index (χ3n) is 23.3. The van der Waals surface area contributed by atoms with Crippen molar-refractivity contribution in [3.05, 3.63) is 174 Å². The molecule has 6 aliphatic heterocycles.